The fourth-order valence-corrected chi connectivity index (χ4v) is 4.22. The highest BCUT2D eigenvalue weighted by Gasteiger charge is 2.25. The number of anilines is 1. The maximum atomic E-state index is 13.0. The van der Waals surface area contributed by atoms with Gasteiger partial charge in [0.2, 0.25) is 5.91 Å². The summed E-state index contributed by atoms with van der Waals surface area (Å²) in [6.07, 6.45) is 1.18. The number of fused-ring (bicyclic) bond motifs is 1. The Labute approximate surface area is 188 Å². The van der Waals surface area contributed by atoms with Gasteiger partial charge in [-0.2, -0.15) is 0 Å². The number of nitrogens with two attached hydrogens (primary N) is 1. The first-order valence-corrected chi connectivity index (χ1v) is 10.9. The van der Waals surface area contributed by atoms with Crippen molar-refractivity contribution in [3.05, 3.63) is 82.9 Å². The standard InChI is InChI=1S/C26H29N3O3/c1-16-12-18(30)13-17(2)21(16)15-23(27)26(31)29-25-10-11-28-24-9-8-20(14-22(24)25)32-19-6-4-3-5-7-19/h3-9,12-14,23,25,28,30H,10-11,15,27H2,1-2H3,(H,29,31)/t23-,25?/m0/s1. The van der Waals surface area contributed by atoms with Crippen LogP contribution >= 0.6 is 0 Å². The van der Waals surface area contributed by atoms with Crippen LogP contribution in [0.25, 0.3) is 0 Å². The van der Waals surface area contributed by atoms with Crippen LogP contribution in [0.4, 0.5) is 5.69 Å². The third-order valence-electron chi connectivity index (χ3n) is 5.88. The van der Waals surface area contributed by atoms with Gasteiger partial charge in [0.15, 0.2) is 0 Å². The molecule has 1 aliphatic rings. The van der Waals surface area contributed by atoms with Crippen LogP contribution in [0.15, 0.2) is 60.7 Å². The molecule has 0 saturated heterocycles. The van der Waals surface area contributed by atoms with Gasteiger partial charge in [-0.25, -0.2) is 0 Å². The van der Waals surface area contributed by atoms with Crippen molar-refractivity contribution in [3.63, 3.8) is 0 Å². The van der Waals surface area contributed by atoms with E-state index in [9.17, 15) is 9.90 Å². The Morgan fingerprint density at radius 3 is 2.56 bits per heavy atom. The second-order valence-corrected chi connectivity index (χ2v) is 8.31. The van der Waals surface area contributed by atoms with Gasteiger partial charge in [0.25, 0.3) is 0 Å². The fourth-order valence-electron chi connectivity index (χ4n) is 4.22. The van der Waals surface area contributed by atoms with Crippen LogP contribution in [0.5, 0.6) is 17.2 Å². The molecule has 32 heavy (non-hydrogen) atoms. The lowest BCUT2D eigenvalue weighted by atomic mass is 9.94. The Hall–Kier alpha value is -3.51. The number of carbonyl (C=O) groups is 1. The lowest BCUT2D eigenvalue weighted by Crippen LogP contribution is -2.44. The van der Waals surface area contributed by atoms with E-state index in [-0.39, 0.29) is 17.7 Å². The summed E-state index contributed by atoms with van der Waals surface area (Å²) in [5, 5.41) is 16.3. The Morgan fingerprint density at radius 1 is 1.12 bits per heavy atom. The summed E-state index contributed by atoms with van der Waals surface area (Å²) in [6, 6.07) is 18.1. The number of benzene rings is 3. The molecular weight excluding hydrogens is 402 g/mol. The summed E-state index contributed by atoms with van der Waals surface area (Å²) in [5.41, 5.74) is 11.1. The van der Waals surface area contributed by atoms with Crippen LogP contribution in [0, 0.1) is 13.8 Å². The van der Waals surface area contributed by atoms with Crippen LogP contribution in [-0.2, 0) is 11.2 Å². The minimum atomic E-state index is -0.681. The molecule has 0 aromatic heterocycles. The molecule has 3 aromatic rings. The first kappa shape index (κ1) is 21.7. The molecule has 1 amide bonds. The van der Waals surface area contributed by atoms with E-state index in [1.54, 1.807) is 12.1 Å². The molecule has 0 bridgehead atoms. The van der Waals surface area contributed by atoms with Gasteiger partial charge in [0.1, 0.15) is 17.2 Å². The van der Waals surface area contributed by atoms with Crippen LogP contribution in [0.2, 0.25) is 0 Å². The largest absolute Gasteiger partial charge is 0.508 e. The summed E-state index contributed by atoms with van der Waals surface area (Å²) in [4.78, 5) is 13.0. The number of amides is 1. The topological polar surface area (TPSA) is 96.6 Å². The first-order chi connectivity index (χ1) is 15.4. The zero-order chi connectivity index (χ0) is 22.7. The van der Waals surface area contributed by atoms with Gasteiger partial charge < -0.3 is 26.2 Å². The normalized spacial score (nSPS) is 15.9. The number of nitrogens with one attached hydrogen (secondary N) is 2. The molecule has 2 atom stereocenters. The number of hydrogen-bond donors (Lipinski definition) is 4. The lowest BCUT2D eigenvalue weighted by Gasteiger charge is -2.29. The molecule has 0 radical (unpaired) electrons. The zero-order valence-corrected chi connectivity index (χ0v) is 18.4. The molecule has 6 nitrogen and oxygen atoms in total. The molecule has 0 saturated carbocycles. The van der Waals surface area contributed by atoms with Crippen molar-refractivity contribution in [2.45, 2.75) is 38.8 Å². The van der Waals surface area contributed by atoms with Gasteiger partial charge in [0.05, 0.1) is 12.1 Å². The maximum absolute atomic E-state index is 13.0. The van der Waals surface area contributed by atoms with E-state index in [2.05, 4.69) is 10.6 Å². The molecule has 3 aromatic carbocycles. The molecule has 166 valence electrons. The highest BCUT2D eigenvalue weighted by atomic mass is 16.5. The zero-order valence-electron chi connectivity index (χ0n) is 18.4. The quantitative estimate of drug-likeness (QED) is 0.465. The molecule has 5 N–H and O–H groups in total. The number of para-hydroxylation sites is 1. The predicted molar refractivity (Wildman–Crippen MR) is 126 cm³/mol. The summed E-state index contributed by atoms with van der Waals surface area (Å²) >= 11 is 0. The van der Waals surface area contributed by atoms with Crippen molar-refractivity contribution in [1.82, 2.24) is 5.32 Å². The highest BCUT2D eigenvalue weighted by molar-refractivity contribution is 5.82. The Kier molecular flexibility index (Phi) is 6.32. The fraction of sp³-hybridized carbons (Fsp3) is 0.269. The number of carbonyl (C=O) groups excluding carboxylic acids is 1. The third-order valence-corrected chi connectivity index (χ3v) is 5.88. The average Bonchev–Trinajstić information content (AvgIpc) is 2.77. The Bertz CT molecular complexity index is 1090. The number of phenolic OH excluding ortho intramolecular Hbond substituents is 1. The van der Waals surface area contributed by atoms with E-state index in [0.717, 1.165) is 52.4 Å². The smallest absolute Gasteiger partial charge is 0.237 e. The number of rotatable bonds is 6. The minimum absolute atomic E-state index is 0.147. The van der Waals surface area contributed by atoms with Crippen LogP contribution < -0.4 is 21.1 Å². The minimum Gasteiger partial charge on any atom is -0.508 e. The molecule has 0 spiro atoms. The monoisotopic (exact) mass is 431 g/mol. The maximum Gasteiger partial charge on any atom is 0.237 e. The summed E-state index contributed by atoms with van der Waals surface area (Å²) in [7, 11) is 0. The summed E-state index contributed by atoms with van der Waals surface area (Å²) in [6.45, 7) is 4.61. The second-order valence-electron chi connectivity index (χ2n) is 8.31. The van der Waals surface area contributed by atoms with Crippen molar-refractivity contribution in [1.29, 1.82) is 0 Å². The van der Waals surface area contributed by atoms with E-state index < -0.39 is 6.04 Å². The van der Waals surface area contributed by atoms with Crippen LogP contribution in [-0.4, -0.2) is 23.6 Å². The van der Waals surface area contributed by atoms with Crippen molar-refractivity contribution < 1.29 is 14.6 Å². The summed E-state index contributed by atoms with van der Waals surface area (Å²) < 4.78 is 5.97. The van der Waals surface area contributed by atoms with Gasteiger partial charge in [-0.1, -0.05) is 18.2 Å². The average molecular weight is 432 g/mol. The van der Waals surface area contributed by atoms with E-state index in [1.807, 2.05) is 62.4 Å². The van der Waals surface area contributed by atoms with Gasteiger partial charge >= 0.3 is 0 Å². The van der Waals surface area contributed by atoms with E-state index in [4.69, 9.17) is 10.5 Å². The molecule has 1 aliphatic heterocycles. The first-order valence-electron chi connectivity index (χ1n) is 10.9. The van der Waals surface area contributed by atoms with E-state index in [0.29, 0.717) is 6.42 Å². The van der Waals surface area contributed by atoms with Crippen molar-refractivity contribution >= 4 is 11.6 Å². The van der Waals surface area contributed by atoms with Gasteiger partial charge in [-0.3, -0.25) is 4.79 Å². The van der Waals surface area contributed by atoms with E-state index >= 15 is 0 Å². The van der Waals surface area contributed by atoms with Gasteiger partial charge in [0, 0.05) is 17.8 Å². The van der Waals surface area contributed by atoms with Crippen LogP contribution in [0.3, 0.4) is 0 Å². The number of ether oxygens (including phenoxy) is 1. The van der Waals surface area contributed by atoms with E-state index in [1.165, 1.54) is 0 Å². The molecule has 4 rings (SSSR count). The molecule has 6 heteroatoms. The van der Waals surface area contributed by atoms with Crippen molar-refractivity contribution in [2.24, 2.45) is 5.73 Å². The Balaban J connectivity index is 1.48. The van der Waals surface area contributed by atoms with Gasteiger partial charge in [-0.15, -0.1) is 0 Å². The molecule has 1 heterocycles. The highest BCUT2D eigenvalue weighted by Crippen LogP contribution is 2.34. The van der Waals surface area contributed by atoms with Crippen LogP contribution in [0.1, 0.15) is 34.7 Å². The predicted octanol–water partition coefficient (Wildman–Crippen LogP) is 4.34. The molecule has 0 aliphatic carbocycles. The number of hydrogen-bond acceptors (Lipinski definition) is 5. The lowest BCUT2D eigenvalue weighted by molar-refractivity contribution is -0.123. The number of aryl methyl sites for hydroxylation is 2. The third kappa shape index (κ3) is 4.86. The molecule has 0 fully saturated rings. The molecular formula is C26H29N3O3. The van der Waals surface area contributed by atoms with Crippen molar-refractivity contribution in [2.75, 3.05) is 11.9 Å². The molecule has 1 unspecified atom stereocenters. The second kappa shape index (κ2) is 9.32. The summed E-state index contributed by atoms with van der Waals surface area (Å²) in [5.74, 6) is 1.52. The SMILES string of the molecule is Cc1cc(O)cc(C)c1C[C@H](N)C(=O)NC1CCNc2ccc(Oc3ccccc3)cc21. The number of aromatic hydroxyl groups is 1. The van der Waals surface area contributed by atoms with Gasteiger partial charge in [-0.05, 0) is 85.8 Å². The van der Waals surface area contributed by atoms with Crippen molar-refractivity contribution in [3.8, 4) is 17.2 Å². The Morgan fingerprint density at radius 2 is 1.84 bits per heavy atom. The number of phenols is 1.